The van der Waals surface area contributed by atoms with Gasteiger partial charge < -0.3 is 0 Å². The monoisotopic (exact) mass is 791 g/mol. The molecule has 0 aliphatic carbocycles. The number of thiophene rings is 1. The number of rotatable bonds is 12. The summed E-state index contributed by atoms with van der Waals surface area (Å²) in [6, 6.07) is 30.4. The lowest BCUT2D eigenvalue weighted by molar-refractivity contribution is 0.417. The Bertz CT molecular complexity index is 2420. The Morgan fingerprint density at radius 3 is 1.71 bits per heavy atom. The third kappa shape index (κ3) is 8.81. The van der Waals surface area contributed by atoms with Gasteiger partial charge in [-0.3, -0.25) is 9.13 Å². The Kier molecular flexibility index (Phi) is 13.6. The van der Waals surface area contributed by atoms with Gasteiger partial charge in [0.1, 0.15) is 11.6 Å². The highest BCUT2D eigenvalue weighted by Crippen LogP contribution is 2.45. The molecule has 3 heterocycles. The van der Waals surface area contributed by atoms with E-state index in [1.165, 1.54) is 59.7 Å². The van der Waals surface area contributed by atoms with Crippen LogP contribution in [0.5, 0.6) is 0 Å². The molecule has 0 saturated heterocycles. The molecule has 0 spiro atoms. The molecule has 5 heteroatoms. The first kappa shape index (κ1) is 42.9. The first-order chi connectivity index (χ1) is 27.7. The van der Waals surface area contributed by atoms with Gasteiger partial charge in [-0.05, 0) is 86.9 Å². The number of benzene rings is 4. The van der Waals surface area contributed by atoms with E-state index in [0.717, 1.165) is 23.6 Å². The molecule has 0 radical (unpaired) electrons. The Labute approximate surface area is 353 Å². The second-order valence-electron chi connectivity index (χ2n) is 18.0. The van der Waals surface area contributed by atoms with E-state index in [0.29, 0.717) is 41.4 Å². The highest BCUT2D eigenvalue weighted by Gasteiger charge is 2.27. The van der Waals surface area contributed by atoms with E-state index in [1.54, 1.807) is 0 Å². The average molecular weight is 791 g/mol. The molecule has 0 amide bonds. The van der Waals surface area contributed by atoms with Crippen LogP contribution in [0, 0.1) is 11.8 Å². The Morgan fingerprint density at radius 2 is 1.10 bits per heavy atom. The summed E-state index contributed by atoms with van der Waals surface area (Å²) in [4.78, 5) is 12.6. The summed E-state index contributed by atoms with van der Waals surface area (Å²) in [5, 5.41) is 2.65. The molecule has 0 bridgehead atoms. The third-order valence-corrected chi connectivity index (χ3v) is 13.4. The van der Waals surface area contributed by atoms with E-state index < -0.39 is 0 Å². The lowest BCUT2D eigenvalue weighted by Gasteiger charge is -2.24. The quantitative estimate of drug-likeness (QED) is 0.124. The van der Waals surface area contributed by atoms with Gasteiger partial charge in [0.05, 0.1) is 11.4 Å². The van der Waals surface area contributed by atoms with Crippen LogP contribution >= 0.6 is 11.3 Å². The van der Waals surface area contributed by atoms with Gasteiger partial charge in [0, 0.05) is 45.7 Å². The van der Waals surface area contributed by atoms with Crippen molar-refractivity contribution in [3.05, 3.63) is 142 Å². The zero-order valence-electron chi connectivity index (χ0n) is 37.3. The minimum atomic E-state index is 0.412. The standard InChI is InChI=1S/C28H40N2S.C25H26N2/c1-17(2)21(9)16-22-12-10-11-13-23(22)28-29-14-15-30(28)25-24(18(3)4)26(19(5)6)31-27(25)20(7)8;1-17(2)22-16-20-12-8-9-13-21(20)23(18(3)4)24(22)27-15-14-26-25(27)19-10-6-5-7-11-19/h10-15,17-21H,16H2,1-9H3;5-18H,1-4H3/t21-;/m0./s1. The van der Waals surface area contributed by atoms with E-state index in [2.05, 4.69) is 190 Å². The fourth-order valence-electron chi connectivity index (χ4n) is 8.25. The molecule has 0 aliphatic rings. The molecule has 1 atom stereocenters. The first-order valence-electron chi connectivity index (χ1n) is 21.6. The van der Waals surface area contributed by atoms with Crippen molar-refractivity contribution in [2.75, 3.05) is 0 Å². The molecule has 4 aromatic carbocycles. The fourth-order valence-corrected chi connectivity index (χ4v) is 9.70. The molecule has 304 valence electrons. The molecule has 0 saturated carbocycles. The van der Waals surface area contributed by atoms with Crippen LogP contribution in [0.15, 0.2) is 110 Å². The molecular formula is C53H66N4S. The minimum Gasteiger partial charge on any atom is -0.299 e. The summed E-state index contributed by atoms with van der Waals surface area (Å²) in [5.41, 5.74) is 10.7. The first-order valence-corrected chi connectivity index (χ1v) is 22.5. The molecular weight excluding hydrogens is 725 g/mol. The highest BCUT2D eigenvalue weighted by molar-refractivity contribution is 7.12. The lowest BCUT2D eigenvalue weighted by Crippen LogP contribution is -2.10. The summed E-state index contributed by atoms with van der Waals surface area (Å²) in [6.45, 7) is 30.1. The molecule has 0 aliphatic heterocycles. The molecule has 4 nitrogen and oxygen atoms in total. The smallest absolute Gasteiger partial charge is 0.144 e. The summed E-state index contributed by atoms with van der Waals surface area (Å²) in [6.07, 6.45) is 9.23. The van der Waals surface area contributed by atoms with Gasteiger partial charge in [-0.2, -0.15) is 0 Å². The van der Waals surface area contributed by atoms with Crippen molar-refractivity contribution in [2.45, 2.75) is 126 Å². The molecule has 7 rings (SSSR count). The van der Waals surface area contributed by atoms with E-state index in [-0.39, 0.29) is 0 Å². The number of fused-ring (bicyclic) bond motifs is 1. The predicted molar refractivity (Wildman–Crippen MR) is 252 cm³/mol. The van der Waals surface area contributed by atoms with E-state index in [9.17, 15) is 0 Å². The zero-order valence-corrected chi connectivity index (χ0v) is 38.2. The Morgan fingerprint density at radius 1 is 0.534 bits per heavy atom. The van der Waals surface area contributed by atoms with Crippen molar-refractivity contribution in [2.24, 2.45) is 11.8 Å². The molecule has 3 aromatic heterocycles. The third-order valence-electron chi connectivity index (χ3n) is 11.6. The van der Waals surface area contributed by atoms with Crippen molar-refractivity contribution in [1.82, 2.24) is 19.1 Å². The van der Waals surface area contributed by atoms with Crippen molar-refractivity contribution in [1.29, 1.82) is 0 Å². The fraction of sp³-hybridized carbons (Fsp3) is 0.396. The zero-order chi connectivity index (χ0) is 41.8. The molecule has 0 unspecified atom stereocenters. The number of imidazole rings is 2. The van der Waals surface area contributed by atoms with Crippen LogP contribution in [0.1, 0.15) is 152 Å². The van der Waals surface area contributed by atoms with Gasteiger partial charge in [0.2, 0.25) is 0 Å². The van der Waals surface area contributed by atoms with Gasteiger partial charge in [-0.1, -0.05) is 169 Å². The van der Waals surface area contributed by atoms with Crippen molar-refractivity contribution < 1.29 is 0 Å². The molecule has 58 heavy (non-hydrogen) atoms. The van der Waals surface area contributed by atoms with E-state index in [4.69, 9.17) is 9.97 Å². The predicted octanol–water partition coefficient (Wildman–Crippen LogP) is 15.7. The van der Waals surface area contributed by atoms with Crippen LogP contribution in [-0.2, 0) is 6.42 Å². The maximum absolute atomic E-state index is 4.90. The Hall–Kier alpha value is -4.74. The maximum Gasteiger partial charge on any atom is 0.144 e. The van der Waals surface area contributed by atoms with Crippen molar-refractivity contribution in [3.63, 3.8) is 0 Å². The number of hydrogen-bond donors (Lipinski definition) is 0. The number of hydrogen-bond acceptors (Lipinski definition) is 3. The summed E-state index contributed by atoms with van der Waals surface area (Å²) in [5.74, 6) is 5.69. The van der Waals surface area contributed by atoms with Crippen LogP contribution in [0.3, 0.4) is 0 Å². The van der Waals surface area contributed by atoms with Crippen LogP contribution in [-0.4, -0.2) is 19.1 Å². The van der Waals surface area contributed by atoms with Gasteiger partial charge >= 0.3 is 0 Å². The van der Waals surface area contributed by atoms with Crippen LogP contribution in [0.2, 0.25) is 0 Å². The summed E-state index contributed by atoms with van der Waals surface area (Å²) >= 11 is 2.00. The van der Waals surface area contributed by atoms with Gasteiger partial charge in [-0.25, -0.2) is 9.97 Å². The van der Waals surface area contributed by atoms with E-state index >= 15 is 0 Å². The normalized spacial score (nSPS) is 12.5. The minimum absolute atomic E-state index is 0.412. The summed E-state index contributed by atoms with van der Waals surface area (Å²) in [7, 11) is 0. The van der Waals surface area contributed by atoms with Crippen molar-refractivity contribution >= 4 is 22.1 Å². The SMILES string of the molecule is CC(C)c1cc2ccccc2c(C(C)C)c1-n1ccnc1-c1ccccc1.CC(C)c1sc(C(C)C)c(-n2ccnc2-c2ccccc2C[C@H](C)C(C)C)c1C(C)C. The average Bonchev–Trinajstić information content (AvgIpc) is 3.97. The maximum atomic E-state index is 4.90. The number of aromatic nitrogens is 4. The molecule has 7 aromatic rings. The van der Waals surface area contributed by atoms with Crippen molar-refractivity contribution in [3.8, 4) is 34.2 Å². The number of nitrogens with zero attached hydrogens (tertiary/aromatic N) is 4. The van der Waals surface area contributed by atoms with Gasteiger partial charge in [0.25, 0.3) is 0 Å². The van der Waals surface area contributed by atoms with Gasteiger partial charge in [-0.15, -0.1) is 11.3 Å². The second kappa shape index (κ2) is 18.5. The van der Waals surface area contributed by atoms with Crippen LogP contribution in [0.4, 0.5) is 0 Å². The lowest BCUT2D eigenvalue weighted by atomic mass is 9.87. The molecule has 0 fully saturated rings. The second-order valence-corrected chi connectivity index (χ2v) is 19.1. The van der Waals surface area contributed by atoms with Gasteiger partial charge in [0.15, 0.2) is 0 Å². The molecule has 0 N–H and O–H groups in total. The largest absolute Gasteiger partial charge is 0.299 e. The highest BCUT2D eigenvalue weighted by atomic mass is 32.1. The van der Waals surface area contributed by atoms with E-state index in [1.807, 2.05) is 29.8 Å². The van der Waals surface area contributed by atoms with Crippen LogP contribution in [0.25, 0.3) is 44.9 Å². The summed E-state index contributed by atoms with van der Waals surface area (Å²) < 4.78 is 4.67. The van der Waals surface area contributed by atoms with Crippen LogP contribution < -0.4 is 0 Å². The topological polar surface area (TPSA) is 35.6 Å². The Balaban J connectivity index is 0.000000197.